The Balaban J connectivity index is 1.75. The summed E-state index contributed by atoms with van der Waals surface area (Å²) in [6, 6.07) is 11.6. The lowest BCUT2D eigenvalue weighted by molar-refractivity contribution is 0.186. The third-order valence-corrected chi connectivity index (χ3v) is 3.95. The molecule has 0 aliphatic rings. The van der Waals surface area contributed by atoms with Gasteiger partial charge in [0.2, 0.25) is 0 Å². The summed E-state index contributed by atoms with van der Waals surface area (Å²) < 4.78 is 11.6. The molecule has 0 unspecified atom stereocenters. The Hall–Kier alpha value is -3.39. The molecule has 2 amide bonds. The summed E-state index contributed by atoms with van der Waals surface area (Å²) in [7, 11) is 3.14. The average molecular weight is 368 g/mol. The summed E-state index contributed by atoms with van der Waals surface area (Å²) >= 11 is 0. The molecule has 1 heterocycles. The second kappa shape index (κ2) is 8.33. The molecule has 0 saturated heterocycles. The van der Waals surface area contributed by atoms with E-state index in [1.54, 1.807) is 56.7 Å². The van der Waals surface area contributed by atoms with Gasteiger partial charge in [0.15, 0.2) is 0 Å². The Kier molecular flexibility index (Phi) is 5.68. The average Bonchev–Trinajstić information content (AvgIpc) is 2.67. The van der Waals surface area contributed by atoms with Gasteiger partial charge >= 0.3 is 6.03 Å². The standard InChI is InChI=1S/C19H20N4O4/c1-26-9-8-23-12-20-17-11-14(6-7-16(17)18(23)24)22-19(25)21-13-4-3-5-15(10-13)27-2/h3-7,10-12H,8-9H2,1-2H3,(H2,21,22,25). The van der Waals surface area contributed by atoms with E-state index in [0.29, 0.717) is 41.2 Å². The highest BCUT2D eigenvalue weighted by molar-refractivity contribution is 6.00. The molecule has 0 saturated carbocycles. The van der Waals surface area contributed by atoms with E-state index in [-0.39, 0.29) is 5.56 Å². The van der Waals surface area contributed by atoms with Crippen molar-refractivity contribution in [2.75, 3.05) is 31.5 Å². The van der Waals surface area contributed by atoms with Gasteiger partial charge in [-0.05, 0) is 30.3 Å². The number of anilines is 2. The van der Waals surface area contributed by atoms with Gasteiger partial charge in [-0.15, -0.1) is 0 Å². The van der Waals surface area contributed by atoms with Gasteiger partial charge in [0.1, 0.15) is 5.75 Å². The Bertz CT molecular complexity index is 1020. The molecule has 0 fully saturated rings. The number of hydrogen-bond acceptors (Lipinski definition) is 5. The number of hydrogen-bond donors (Lipinski definition) is 2. The van der Waals surface area contributed by atoms with Crippen LogP contribution < -0.4 is 20.9 Å². The monoisotopic (exact) mass is 368 g/mol. The first-order chi connectivity index (χ1) is 13.1. The number of rotatable bonds is 6. The van der Waals surface area contributed by atoms with Gasteiger partial charge in [0.25, 0.3) is 5.56 Å². The molecular weight excluding hydrogens is 348 g/mol. The summed E-state index contributed by atoms with van der Waals surface area (Å²) in [5, 5.41) is 5.93. The Morgan fingerprint density at radius 1 is 1.11 bits per heavy atom. The number of fused-ring (bicyclic) bond motifs is 1. The maximum absolute atomic E-state index is 12.4. The lowest BCUT2D eigenvalue weighted by Gasteiger charge is -2.10. The van der Waals surface area contributed by atoms with Crippen molar-refractivity contribution < 1.29 is 14.3 Å². The van der Waals surface area contributed by atoms with E-state index in [2.05, 4.69) is 15.6 Å². The van der Waals surface area contributed by atoms with E-state index in [4.69, 9.17) is 9.47 Å². The highest BCUT2D eigenvalue weighted by atomic mass is 16.5. The summed E-state index contributed by atoms with van der Waals surface area (Å²) in [5.41, 5.74) is 1.49. The Morgan fingerprint density at radius 3 is 2.63 bits per heavy atom. The third kappa shape index (κ3) is 4.42. The van der Waals surface area contributed by atoms with Crippen molar-refractivity contribution in [3.8, 4) is 5.75 Å². The number of amides is 2. The van der Waals surface area contributed by atoms with Crippen molar-refractivity contribution in [2.45, 2.75) is 6.54 Å². The zero-order valence-corrected chi connectivity index (χ0v) is 15.1. The van der Waals surface area contributed by atoms with Crippen LogP contribution in [0.4, 0.5) is 16.2 Å². The topological polar surface area (TPSA) is 94.5 Å². The van der Waals surface area contributed by atoms with E-state index in [0.717, 1.165) is 0 Å². The van der Waals surface area contributed by atoms with Crippen molar-refractivity contribution in [1.82, 2.24) is 9.55 Å². The highest BCUT2D eigenvalue weighted by Gasteiger charge is 2.08. The zero-order valence-electron chi connectivity index (χ0n) is 15.1. The lowest BCUT2D eigenvalue weighted by atomic mass is 10.2. The van der Waals surface area contributed by atoms with E-state index >= 15 is 0 Å². The summed E-state index contributed by atoms with van der Waals surface area (Å²) in [5.74, 6) is 0.646. The minimum atomic E-state index is -0.406. The molecule has 27 heavy (non-hydrogen) atoms. The first-order valence-electron chi connectivity index (χ1n) is 8.31. The molecular formula is C19H20N4O4. The number of carbonyl (C=O) groups is 1. The highest BCUT2D eigenvalue weighted by Crippen LogP contribution is 2.18. The number of aromatic nitrogens is 2. The van der Waals surface area contributed by atoms with Crippen molar-refractivity contribution in [1.29, 1.82) is 0 Å². The molecule has 140 valence electrons. The first-order valence-corrected chi connectivity index (χ1v) is 8.31. The second-order valence-corrected chi connectivity index (χ2v) is 5.78. The van der Waals surface area contributed by atoms with Gasteiger partial charge in [0, 0.05) is 24.6 Å². The van der Waals surface area contributed by atoms with E-state index < -0.39 is 6.03 Å². The molecule has 1 aromatic heterocycles. The molecule has 0 bridgehead atoms. The summed E-state index contributed by atoms with van der Waals surface area (Å²) in [6.45, 7) is 0.860. The number of urea groups is 1. The SMILES string of the molecule is COCCn1cnc2cc(NC(=O)Nc3cccc(OC)c3)ccc2c1=O. The minimum absolute atomic E-state index is 0.149. The van der Waals surface area contributed by atoms with Crippen LogP contribution in [0.25, 0.3) is 10.9 Å². The van der Waals surface area contributed by atoms with Crippen LogP contribution in [-0.2, 0) is 11.3 Å². The fraction of sp³-hybridized carbons (Fsp3) is 0.211. The fourth-order valence-corrected chi connectivity index (χ4v) is 2.58. The van der Waals surface area contributed by atoms with Crippen LogP contribution >= 0.6 is 0 Å². The Morgan fingerprint density at radius 2 is 1.89 bits per heavy atom. The molecule has 2 aromatic carbocycles. The van der Waals surface area contributed by atoms with E-state index in [9.17, 15) is 9.59 Å². The first kappa shape index (κ1) is 18.4. The third-order valence-electron chi connectivity index (χ3n) is 3.95. The van der Waals surface area contributed by atoms with E-state index in [1.807, 2.05) is 0 Å². The number of nitrogens with zero attached hydrogens (tertiary/aromatic N) is 2. The van der Waals surface area contributed by atoms with Gasteiger partial charge in [-0.25, -0.2) is 9.78 Å². The molecule has 0 aliphatic carbocycles. The van der Waals surface area contributed by atoms with Crippen LogP contribution in [0, 0.1) is 0 Å². The lowest BCUT2D eigenvalue weighted by Crippen LogP contribution is -2.23. The second-order valence-electron chi connectivity index (χ2n) is 5.78. The van der Waals surface area contributed by atoms with Crippen LogP contribution in [0.15, 0.2) is 53.6 Å². The van der Waals surface area contributed by atoms with Crippen LogP contribution in [0.1, 0.15) is 0 Å². The fourth-order valence-electron chi connectivity index (χ4n) is 2.58. The molecule has 8 heteroatoms. The number of carbonyl (C=O) groups excluding carboxylic acids is 1. The van der Waals surface area contributed by atoms with Crippen LogP contribution in [0.5, 0.6) is 5.75 Å². The predicted octanol–water partition coefficient (Wildman–Crippen LogP) is 2.70. The summed E-state index contributed by atoms with van der Waals surface area (Å²) in [6.07, 6.45) is 1.48. The molecule has 2 N–H and O–H groups in total. The quantitative estimate of drug-likeness (QED) is 0.698. The van der Waals surface area contributed by atoms with Crippen molar-refractivity contribution in [3.63, 3.8) is 0 Å². The number of nitrogens with one attached hydrogen (secondary N) is 2. The van der Waals surface area contributed by atoms with Gasteiger partial charge in [-0.1, -0.05) is 6.07 Å². The molecule has 3 aromatic rings. The molecule has 0 radical (unpaired) electrons. The minimum Gasteiger partial charge on any atom is -0.497 e. The molecule has 3 rings (SSSR count). The van der Waals surface area contributed by atoms with Crippen LogP contribution in [0.3, 0.4) is 0 Å². The number of methoxy groups -OCH3 is 2. The van der Waals surface area contributed by atoms with Crippen molar-refractivity contribution >= 4 is 28.3 Å². The van der Waals surface area contributed by atoms with Gasteiger partial charge in [-0.3, -0.25) is 9.36 Å². The largest absolute Gasteiger partial charge is 0.497 e. The molecule has 8 nitrogen and oxygen atoms in total. The van der Waals surface area contributed by atoms with Gasteiger partial charge in [0.05, 0.1) is 37.5 Å². The van der Waals surface area contributed by atoms with Crippen molar-refractivity contribution in [2.24, 2.45) is 0 Å². The van der Waals surface area contributed by atoms with Crippen molar-refractivity contribution in [3.05, 3.63) is 59.1 Å². The normalized spacial score (nSPS) is 10.6. The van der Waals surface area contributed by atoms with E-state index in [1.165, 1.54) is 10.9 Å². The van der Waals surface area contributed by atoms with Gasteiger partial charge < -0.3 is 20.1 Å². The zero-order chi connectivity index (χ0) is 19.2. The molecule has 0 aliphatic heterocycles. The molecule has 0 atom stereocenters. The Labute approximate surface area is 155 Å². The number of benzene rings is 2. The predicted molar refractivity (Wildman–Crippen MR) is 104 cm³/mol. The maximum Gasteiger partial charge on any atom is 0.323 e. The van der Waals surface area contributed by atoms with Gasteiger partial charge in [-0.2, -0.15) is 0 Å². The molecule has 0 spiro atoms. The summed E-state index contributed by atoms with van der Waals surface area (Å²) in [4.78, 5) is 28.9. The van der Waals surface area contributed by atoms with Crippen LogP contribution in [0.2, 0.25) is 0 Å². The van der Waals surface area contributed by atoms with Crippen LogP contribution in [-0.4, -0.2) is 36.4 Å². The smallest absolute Gasteiger partial charge is 0.323 e. The maximum atomic E-state index is 12.4. The number of ether oxygens (including phenoxy) is 2.